The summed E-state index contributed by atoms with van der Waals surface area (Å²) in [4.78, 5) is 48.4. The molecule has 0 radical (unpaired) electrons. The molecule has 8 aromatic carbocycles. The molecular formula is C80H82Cl5F9N8O16S4. The second-order valence-electron chi connectivity index (χ2n) is 30.5. The van der Waals surface area contributed by atoms with Gasteiger partial charge in [-0.25, -0.2) is 92.1 Å². The Morgan fingerprint density at radius 2 is 0.656 bits per heavy atom. The first kappa shape index (κ1) is 97.7. The van der Waals surface area contributed by atoms with Gasteiger partial charge in [-0.1, -0.05) is 83.7 Å². The van der Waals surface area contributed by atoms with E-state index in [4.69, 9.17) is 58.0 Å². The van der Waals surface area contributed by atoms with Gasteiger partial charge in [-0.2, -0.15) is 0 Å². The number of hydrogen-bond acceptors (Lipinski definition) is 16. The van der Waals surface area contributed by atoms with Gasteiger partial charge < -0.3 is 41.7 Å². The summed E-state index contributed by atoms with van der Waals surface area (Å²) in [6, 6.07) is 21.1. The van der Waals surface area contributed by atoms with E-state index in [1.54, 1.807) is 27.7 Å². The van der Waals surface area contributed by atoms with E-state index in [1.807, 2.05) is 0 Å². The van der Waals surface area contributed by atoms with Gasteiger partial charge >= 0.3 is 0 Å². The van der Waals surface area contributed by atoms with Crippen LogP contribution in [0.2, 0.25) is 25.1 Å². The van der Waals surface area contributed by atoms with Crippen molar-refractivity contribution in [2.24, 2.45) is 0 Å². The molecule has 4 aliphatic rings. The van der Waals surface area contributed by atoms with Crippen LogP contribution in [0.15, 0.2) is 153 Å². The third-order valence-electron chi connectivity index (χ3n) is 20.5. The van der Waals surface area contributed by atoms with Crippen LogP contribution in [0.1, 0.15) is 172 Å². The fourth-order valence-corrected chi connectivity index (χ4v) is 20.5. The number of carbonyl (C=O) groups excluding carboxylic acids is 4. The summed E-state index contributed by atoms with van der Waals surface area (Å²) in [5.74, 6) is -14.7. The zero-order valence-corrected chi connectivity index (χ0v) is 72.0. The van der Waals surface area contributed by atoms with Gasteiger partial charge in [-0.15, -0.1) is 0 Å². The molecule has 0 saturated heterocycles. The van der Waals surface area contributed by atoms with Crippen molar-refractivity contribution in [3.63, 3.8) is 0 Å². The van der Waals surface area contributed by atoms with Crippen LogP contribution in [0.25, 0.3) is 0 Å². The van der Waals surface area contributed by atoms with Crippen molar-refractivity contribution < 1.29 is 113 Å². The van der Waals surface area contributed by atoms with Crippen LogP contribution in [0.4, 0.5) is 62.3 Å². The second kappa shape index (κ2) is 40.1. The predicted molar refractivity (Wildman–Crippen MR) is 441 cm³/mol. The number of sulfonamides is 4. The number of hydrogen-bond donors (Lipinski definition) is 12. The van der Waals surface area contributed by atoms with E-state index in [-0.39, 0.29) is 90.8 Å². The second-order valence-corrected chi connectivity index (χ2v) is 39.3. The predicted octanol–water partition coefficient (Wildman–Crippen LogP) is 16.2. The average Bonchev–Trinajstić information content (AvgIpc) is 0.801. The molecule has 660 valence electrons. The van der Waals surface area contributed by atoms with Gasteiger partial charge in [0.15, 0.2) is 34.9 Å². The number of aliphatic hydroxyl groups is 4. The summed E-state index contributed by atoms with van der Waals surface area (Å²) in [5.41, 5.74) is -4.80. The molecule has 24 nitrogen and oxygen atoms in total. The Bertz CT molecular complexity index is 5730. The van der Waals surface area contributed by atoms with Gasteiger partial charge in [0.25, 0.3) is 23.6 Å². The normalized spacial score (nSPS) is 21.8. The maximum atomic E-state index is 14.3. The number of benzene rings is 8. The number of carbonyl (C=O) groups is 4. The van der Waals surface area contributed by atoms with Gasteiger partial charge in [0.1, 0.15) is 32.1 Å². The Morgan fingerprint density at radius 1 is 0.328 bits per heavy atom. The molecule has 0 aromatic heterocycles. The van der Waals surface area contributed by atoms with Crippen LogP contribution in [0, 0.1) is 52.4 Å². The molecule has 0 bridgehead atoms. The van der Waals surface area contributed by atoms with Gasteiger partial charge in [0.05, 0.1) is 70.1 Å². The molecule has 4 aliphatic carbocycles. The lowest BCUT2D eigenvalue weighted by Gasteiger charge is -2.37. The van der Waals surface area contributed by atoms with Crippen LogP contribution in [0.3, 0.4) is 0 Å². The van der Waals surface area contributed by atoms with E-state index in [0.717, 1.165) is 74.2 Å². The lowest BCUT2D eigenvalue weighted by atomic mass is 9.82. The van der Waals surface area contributed by atoms with Crippen LogP contribution >= 0.6 is 58.0 Å². The van der Waals surface area contributed by atoms with E-state index in [0.29, 0.717) is 101 Å². The summed E-state index contributed by atoms with van der Waals surface area (Å²) in [6.07, 6.45) is 8.43. The van der Waals surface area contributed by atoms with Crippen LogP contribution in [0.5, 0.6) is 0 Å². The zero-order valence-electron chi connectivity index (χ0n) is 64.9. The first-order valence-corrected chi connectivity index (χ1v) is 45.2. The van der Waals surface area contributed by atoms with Crippen molar-refractivity contribution >= 4 is 144 Å². The highest BCUT2D eigenvalue weighted by atomic mass is 35.5. The highest BCUT2D eigenvalue weighted by molar-refractivity contribution is 7.90. The summed E-state index contributed by atoms with van der Waals surface area (Å²) in [7, 11) is -16.5. The molecule has 4 atom stereocenters. The largest absolute Gasteiger partial charge is 0.390 e. The summed E-state index contributed by atoms with van der Waals surface area (Å²) in [5, 5.41) is 49.7. The van der Waals surface area contributed by atoms with Crippen molar-refractivity contribution in [1.82, 2.24) is 18.9 Å². The molecule has 0 aliphatic heterocycles. The van der Waals surface area contributed by atoms with E-state index < -0.39 is 162 Å². The van der Waals surface area contributed by atoms with Gasteiger partial charge in [-0.3, -0.25) is 19.2 Å². The Balaban J connectivity index is 0.000000185. The third-order valence-corrected chi connectivity index (χ3v) is 28.4. The highest BCUT2D eigenvalue weighted by Crippen LogP contribution is 2.37. The average molecular weight is 1890 g/mol. The molecule has 4 amide bonds. The summed E-state index contributed by atoms with van der Waals surface area (Å²) >= 11 is 29.5. The van der Waals surface area contributed by atoms with Crippen LogP contribution < -0.4 is 40.2 Å². The van der Waals surface area contributed by atoms with Crippen molar-refractivity contribution in [2.75, 3.05) is 21.3 Å². The van der Waals surface area contributed by atoms with Crippen molar-refractivity contribution in [2.45, 2.75) is 197 Å². The number of halogens is 14. The summed E-state index contributed by atoms with van der Waals surface area (Å²) < 4.78 is 233. The molecule has 0 heterocycles. The number of rotatable bonds is 20. The maximum Gasteiger partial charge on any atom is 0.257 e. The topological polar surface area (TPSA) is 382 Å². The number of anilines is 4. The fourth-order valence-electron chi connectivity index (χ4n) is 13.4. The molecule has 12 rings (SSSR count). The lowest BCUT2D eigenvalue weighted by Crippen LogP contribution is -2.52. The lowest BCUT2D eigenvalue weighted by molar-refractivity contribution is -0.00245. The monoisotopic (exact) mass is 1880 g/mol. The zero-order chi connectivity index (χ0) is 90.2. The molecule has 4 fully saturated rings. The standard InChI is InChI=1S/C20H21Cl2FN2O4S.2C20H20ClF3N2O4S.C20H21ClF2N2O4S/c1-20(27)9-3-2-4-18(20)25-30(28,29)17-10-12(5-7-14(17)21)19(26)24-13-6-8-16(23)15(22)11-13;1-20(28)6-4-11(5-7-20)26-31(29,30)13-2-3-15(21)14(10-13)19(27)25-12-8-16(22)18(24)17(23)9-12;1-20(28)7-3-2-4-17(20)26-31(29,30)16-8-11(5-6-13(16)21)19(27)25-12-9-14(22)18(24)15(23)10-12;1-20(27)8-6-13(7-9-20)25-30(28,29)18-10-12(2-4-17(18)23)19(26)24-14-3-5-16(22)15(21)11-14/h5-8,10-11,18,25,27H,2-4,9H2,1H3,(H,24,26);2-3,8-11,26,28H,4-7H2,1H3,(H,25,27);5-6,8-10,17,26,28H,2-4,7H2,1H3,(H,25,27);2-5,10-11,13,25,27H,6-9H2,1H3,(H,24,26). The first-order chi connectivity index (χ1) is 56.7. The fraction of sp³-hybridized carbons (Fsp3) is 0.350. The Kier molecular flexibility index (Phi) is 32.1. The Hall–Kier alpha value is -8.06. The molecule has 122 heavy (non-hydrogen) atoms. The minimum Gasteiger partial charge on any atom is -0.390 e. The molecule has 42 heteroatoms. The number of nitrogens with one attached hydrogen (secondary N) is 8. The van der Waals surface area contributed by atoms with Gasteiger partial charge in [0.2, 0.25) is 40.1 Å². The van der Waals surface area contributed by atoms with Crippen molar-refractivity contribution in [1.29, 1.82) is 0 Å². The van der Waals surface area contributed by atoms with E-state index in [9.17, 15) is 113 Å². The molecule has 4 saturated carbocycles. The molecular weight excluding hydrogens is 1810 g/mol. The minimum atomic E-state index is -4.23. The van der Waals surface area contributed by atoms with Gasteiger partial charge in [-0.05, 0) is 214 Å². The first-order valence-electron chi connectivity index (χ1n) is 37.4. The smallest absolute Gasteiger partial charge is 0.257 e. The molecule has 8 aromatic rings. The van der Waals surface area contributed by atoms with E-state index in [2.05, 4.69) is 40.2 Å². The number of amides is 4. The van der Waals surface area contributed by atoms with Crippen molar-refractivity contribution in [3.05, 3.63) is 233 Å². The summed E-state index contributed by atoms with van der Waals surface area (Å²) in [6.45, 7) is 6.53. The van der Waals surface area contributed by atoms with Crippen LogP contribution in [-0.2, 0) is 40.1 Å². The van der Waals surface area contributed by atoms with Crippen molar-refractivity contribution in [3.8, 4) is 0 Å². The highest BCUT2D eigenvalue weighted by Gasteiger charge is 2.41. The van der Waals surface area contributed by atoms with Gasteiger partial charge in [0, 0.05) is 75.8 Å². The molecule has 4 unspecified atom stereocenters. The molecule has 12 N–H and O–H groups in total. The van der Waals surface area contributed by atoms with E-state index >= 15 is 0 Å². The SMILES string of the molecule is CC1(O)CCC(NS(=O)(=O)c2cc(C(=O)Nc3ccc(F)c(Cl)c3)ccc2F)CC1.CC1(O)CCC(NS(=O)(=O)c2ccc(Cl)c(C(=O)Nc3cc(F)c(F)c(F)c3)c2)CC1.CC1(O)CCCCC1NS(=O)(=O)c1cc(C(=O)Nc2cc(F)c(F)c(F)c2)ccc1Cl.CC1(O)CCCCC1NS(=O)(=O)c1cc(C(=O)Nc2ccc(F)c(Cl)c2)ccc1Cl. The Labute approximate surface area is 722 Å². The molecule has 0 spiro atoms. The quantitative estimate of drug-likeness (QED) is 0.0249. The third kappa shape index (κ3) is 26.1. The van der Waals surface area contributed by atoms with Crippen LogP contribution in [-0.4, -0.2) is 124 Å². The minimum absolute atomic E-state index is 0.0376. The maximum absolute atomic E-state index is 14.3. The Morgan fingerprint density at radius 3 is 1.03 bits per heavy atom. The van der Waals surface area contributed by atoms with E-state index in [1.165, 1.54) is 60.7 Å².